The van der Waals surface area contributed by atoms with Gasteiger partial charge in [0.05, 0.1) is 7.11 Å². The molecule has 118 valence electrons. The quantitative estimate of drug-likeness (QED) is 0.917. The monoisotopic (exact) mass is 320 g/mol. The van der Waals surface area contributed by atoms with Crippen molar-refractivity contribution in [1.82, 2.24) is 9.97 Å². The van der Waals surface area contributed by atoms with E-state index >= 15 is 0 Å². The zero-order chi connectivity index (χ0) is 16.3. The van der Waals surface area contributed by atoms with Crippen LogP contribution >= 0.6 is 11.6 Å². The molecule has 0 aliphatic rings. The molecule has 1 heterocycles. The van der Waals surface area contributed by atoms with Crippen molar-refractivity contribution in [1.29, 1.82) is 0 Å². The van der Waals surface area contributed by atoms with Crippen molar-refractivity contribution in [3.63, 3.8) is 0 Å². The second-order valence-electron chi connectivity index (χ2n) is 5.26. The van der Waals surface area contributed by atoms with E-state index in [1.807, 2.05) is 32.0 Å². The molecule has 0 fully saturated rings. The Morgan fingerprint density at radius 2 is 1.91 bits per heavy atom. The van der Waals surface area contributed by atoms with E-state index in [1.54, 1.807) is 19.5 Å². The number of aromatic nitrogens is 2. The molecule has 0 aliphatic carbocycles. The predicted molar refractivity (Wildman–Crippen MR) is 90.9 cm³/mol. The van der Waals surface area contributed by atoms with Crippen LogP contribution in [-0.2, 0) is 6.42 Å². The van der Waals surface area contributed by atoms with Crippen LogP contribution in [0.1, 0.15) is 11.1 Å². The first-order valence-electron chi connectivity index (χ1n) is 7.05. The molecule has 1 aromatic carbocycles. The van der Waals surface area contributed by atoms with Crippen molar-refractivity contribution in [2.24, 2.45) is 5.73 Å². The first-order chi connectivity index (χ1) is 10.5. The molecule has 1 aromatic heterocycles. The minimum atomic E-state index is 0.533. The smallest absolute Gasteiger partial charge is 0.224 e. The van der Waals surface area contributed by atoms with Gasteiger partial charge in [-0.25, -0.2) is 9.97 Å². The van der Waals surface area contributed by atoms with Crippen LogP contribution in [0.2, 0.25) is 5.02 Å². The van der Waals surface area contributed by atoms with Crippen molar-refractivity contribution < 1.29 is 4.74 Å². The molecule has 0 bridgehead atoms. The van der Waals surface area contributed by atoms with Crippen molar-refractivity contribution in [3.05, 3.63) is 34.6 Å². The van der Waals surface area contributed by atoms with Gasteiger partial charge in [0.15, 0.2) is 0 Å². The third-order valence-electron chi connectivity index (χ3n) is 3.50. The molecule has 2 rings (SSSR count). The molecule has 0 unspecified atom stereocenters. The molecule has 0 amide bonds. The molecule has 0 saturated heterocycles. The summed E-state index contributed by atoms with van der Waals surface area (Å²) in [6, 6.07) is 1.92. The number of hydrogen-bond acceptors (Lipinski definition) is 5. The predicted octanol–water partition coefficient (Wildman–Crippen LogP) is 2.68. The topological polar surface area (TPSA) is 64.3 Å². The van der Waals surface area contributed by atoms with Crippen LogP contribution in [0.25, 0.3) is 11.1 Å². The van der Waals surface area contributed by atoms with Gasteiger partial charge in [0.2, 0.25) is 5.95 Å². The third-order valence-corrected chi connectivity index (χ3v) is 3.89. The van der Waals surface area contributed by atoms with E-state index < -0.39 is 0 Å². The van der Waals surface area contributed by atoms with Gasteiger partial charge in [0, 0.05) is 42.6 Å². The summed E-state index contributed by atoms with van der Waals surface area (Å²) in [5, 5.41) is 0.691. The third kappa shape index (κ3) is 3.15. The molecular formula is C16H21ClN4O. The number of ether oxygens (including phenoxy) is 1. The maximum Gasteiger partial charge on any atom is 0.224 e. The van der Waals surface area contributed by atoms with E-state index in [4.69, 9.17) is 22.1 Å². The van der Waals surface area contributed by atoms with E-state index in [9.17, 15) is 0 Å². The average molecular weight is 321 g/mol. The Morgan fingerprint density at radius 1 is 1.27 bits per heavy atom. The average Bonchev–Trinajstić information content (AvgIpc) is 2.50. The van der Waals surface area contributed by atoms with Gasteiger partial charge in [0.1, 0.15) is 5.75 Å². The van der Waals surface area contributed by atoms with Crippen LogP contribution in [-0.4, -0.2) is 37.7 Å². The van der Waals surface area contributed by atoms with Gasteiger partial charge in [-0.1, -0.05) is 11.6 Å². The van der Waals surface area contributed by atoms with Crippen molar-refractivity contribution in [2.75, 3.05) is 32.6 Å². The van der Waals surface area contributed by atoms with E-state index in [-0.39, 0.29) is 0 Å². The van der Waals surface area contributed by atoms with E-state index in [0.717, 1.165) is 28.0 Å². The molecule has 0 atom stereocenters. The Labute approximate surface area is 136 Å². The second kappa shape index (κ2) is 6.94. The highest BCUT2D eigenvalue weighted by Gasteiger charge is 2.17. The molecular weight excluding hydrogens is 300 g/mol. The number of nitrogens with two attached hydrogens (primary N) is 1. The highest BCUT2D eigenvalue weighted by atomic mass is 35.5. The van der Waals surface area contributed by atoms with Crippen LogP contribution < -0.4 is 15.4 Å². The van der Waals surface area contributed by atoms with Crippen LogP contribution in [0.15, 0.2) is 18.5 Å². The molecule has 0 spiro atoms. The lowest BCUT2D eigenvalue weighted by Gasteiger charge is -2.18. The first kappa shape index (κ1) is 16.5. The van der Waals surface area contributed by atoms with Gasteiger partial charge >= 0.3 is 0 Å². The molecule has 2 aromatic rings. The summed E-state index contributed by atoms with van der Waals surface area (Å²) in [7, 11) is 5.46. The van der Waals surface area contributed by atoms with Gasteiger partial charge in [0.25, 0.3) is 0 Å². The Kier molecular flexibility index (Phi) is 5.21. The molecule has 0 saturated carbocycles. The minimum Gasteiger partial charge on any atom is -0.496 e. The van der Waals surface area contributed by atoms with Gasteiger partial charge in [-0.2, -0.15) is 0 Å². The number of hydrogen-bond donors (Lipinski definition) is 1. The van der Waals surface area contributed by atoms with E-state index in [0.29, 0.717) is 23.9 Å². The highest BCUT2D eigenvalue weighted by molar-refractivity contribution is 6.32. The normalized spacial score (nSPS) is 10.6. The van der Waals surface area contributed by atoms with Gasteiger partial charge in [-0.15, -0.1) is 0 Å². The fourth-order valence-electron chi connectivity index (χ4n) is 2.38. The van der Waals surface area contributed by atoms with Crippen LogP contribution in [0.4, 0.5) is 5.95 Å². The fraction of sp³-hybridized carbons (Fsp3) is 0.375. The zero-order valence-electron chi connectivity index (χ0n) is 13.4. The number of nitrogens with zero attached hydrogens (tertiary/aromatic N) is 3. The van der Waals surface area contributed by atoms with Gasteiger partial charge < -0.3 is 15.4 Å². The number of benzene rings is 1. The second-order valence-corrected chi connectivity index (χ2v) is 5.66. The molecule has 0 radical (unpaired) electrons. The highest BCUT2D eigenvalue weighted by Crippen LogP contribution is 2.39. The number of anilines is 1. The van der Waals surface area contributed by atoms with E-state index in [1.165, 1.54) is 0 Å². The summed E-state index contributed by atoms with van der Waals surface area (Å²) in [6.07, 6.45) is 4.28. The number of rotatable bonds is 5. The fourth-order valence-corrected chi connectivity index (χ4v) is 2.61. The SMILES string of the molecule is COc1c(CCN)cc(Cl)c(C)c1-c1cnc(N(C)C)nc1. The summed E-state index contributed by atoms with van der Waals surface area (Å²) >= 11 is 6.37. The van der Waals surface area contributed by atoms with Gasteiger partial charge in [-0.05, 0) is 37.1 Å². The number of halogens is 1. The van der Waals surface area contributed by atoms with E-state index in [2.05, 4.69) is 9.97 Å². The summed E-state index contributed by atoms with van der Waals surface area (Å²) in [4.78, 5) is 10.6. The summed E-state index contributed by atoms with van der Waals surface area (Å²) < 4.78 is 5.62. The van der Waals surface area contributed by atoms with Gasteiger partial charge in [-0.3, -0.25) is 0 Å². The molecule has 6 heteroatoms. The Bertz CT molecular complexity index is 656. The lowest BCUT2D eigenvalue weighted by atomic mass is 9.97. The molecule has 2 N–H and O–H groups in total. The standard InChI is InChI=1S/C16H21ClN4O/c1-10-13(17)7-11(5-6-18)15(22-4)14(10)12-8-19-16(20-9-12)21(2)3/h7-9H,5-6,18H2,1-4H3. The molecule has 0 aliphatic heterocycles. The molecule has 22 heavy (non-hydrogen) atoms. The molecule has 5 nitrogen and oxygen atoms in total. The summed E-state index contributed by atoms with van der Waals surface area (Å²) in [5.41, 5.74) is 9.42. The zero-order valence-corrected chi connectivity index (χ0v) is 14.1. The lowest BCUT2D eigenvalue weighted by molar-refractivity contribution is 0.411. The Morgan fingerprint density at radius 3 is 2.41 bits per heavy atom. The van der Waals surface area contributed by atoms with Crippen LogP contribution in [0, 0.1) is 6.92 Å². The van der Waals surface area contributed by atoms with Crippen molar-refractivity contribution in [2.45, 2.75) is 13.3 Å². The van der Waals surface area contributed by atoms with Crippen molar-refractivity contribution in [3.8, 4) is 16.9 Å². The maximum absolute atomic E-state index is 6.37. The summed E-state index contributed by atoms with van der Waals surface area (Å²) in [6.45, 7) is 2.50. The lowest BCUT2D eigenvalue weighted by Crippen LogP contribution is -2.12. The number of methoxy groups -OCH3 is 1. The Hall–Kier alpha value is -1.85. The minimum absolute atomic E-state index is 0.533. The van der Waals surface area contributed by atoms with Crippen molar-refractivity contribution >= 4 is 17.5 Å². The van der Waals surface area contributed by atoms with Crippen LogP contribution in [0.3, 0.4) is 0 Å². The largest absolute Gasteiger partial charge is 0.496 e. The summed E-state index contributed by atoms with van der Waals surface area (Å²) in [5.74, 6) is 1.44. The maximum atomic E-state index is 6.37. The Balaban J connectivity index is 2.62. The van der Waals surface area contributed by atoms with Crippen LogP contribution in [0.5, 0.6) is 5.75 Å². The first-order valence-corrected chi connectivity index (χ1v) is 7.43.